The molecule has 0 aliphatic carbocycles. The summed E-state index contributed by atoms with van der Waals surface area (Å²) in [4.78, 5) is 37.9. The van der Waals surface area contributed by atoms with Crippen LogP contribution in [-0.2, 0) is 9.47 Å². The van der Waals surface area contributed by atoms with Gasteiger partial charge in [0.25, 0.3) is 5.91 Å². The van der Waals surface area contributed by atoms with Crippen molar-refractivity contribution in [2.45, 2.75) is 40.5 Å². The fourth-order valence-electron chi connectivity index (χ4n) is 2.76. The van der Waals surface area contributed by atoms with E-state index in [1.807, 2.05) is 6.92 Å². The third-order valence-corrected chi connectivity index (χ3v) is 6.07. The van der Waals surface area contributed by atoms with Crippen molar-refractivity contribution in [1.82, 2.24) is 0 Å². The minimum Gasteiger partial charge on any atom is -0.490 e. The minimum atomic E-state index is -0.650. The molecule has 1 heterocycles. The third-order valence-electron chi connectivity index (χ3n) is 4.32. The highest BCUT2D eigenvalue weighted by atomic mass is 35.5. The van der Waals surface area contributed by atoms with Crippen molar-refractivity contribution in [3.8, 4) is 5.75 Å². The van der Waals surface area contributed by atoms with E-state index in [4.69, 9.17) is 37.4 Å². The number of rotatable bonds is 10. The summed E-state index contributed by atoms with van der Waals surface area (Å²) < 4.78 is 15.7. The molecule has 0 bridgehead atoms. The van der Waals surface area contributed by atoms with E-state index in [-0.39, 0.29) is 44.3 Å². The average Bonchev–Trinajstić information content (AvgIpc) is 3.06. The smallest absolute Gasteiger partial charge is 0.348 e. The summed E-state index contributed by atoms with van der Waals surface area (Å²) in [5, 5.41) is 3.22. The largest absolute Gasteiger partial charge is 0.490 e. The number of carbonyl (C=O) groups is 3. The SMILES string of the molecule is CCCCOc1c(Cl)cc(C(=O)Nc2sc(C(=O)OCC)c(C)c2C(=O)OCC)cc1Cl. The first-order valence-corrected chi connectivity index (χ1v) is 11.7. The molecule has 0 fully saturated rings. The molecule has 1 aromatic heterocycles. The van der Waals surface area contributed by atoms with E-state index in [0.717, 1.165) is 24.2 Å². The minimum absolute atomic E-state index is 0.102. The van der Waals surface area contributed by atoms with Gasteiger partial charge in [0.05, 0.1) is 35.4 Å². The van der Waals surface area contributed by atoms with Crippen molar-refractivity contribution >= 4 is 57.4 Å². The summed E-state index contributed by atoms with van der Waals surface area (Å²) >= 11 is 13.5. The van der Waals surface area contributed by atoms with Crippen molar-refractivity contribution < 1.29 is 28.6 Å². The molecule has 0 atom stereocenters. The van der Waals surface area contributed by atoms with Crippen LogP contribution in [0.2, 0.25) is 10.0 Å². The predicted octanol–water partition coefficient (Wildman–Crippen LogP) is 6.15. The van der Waals surface area contributed by atoms with Gasteiger partial charge in [-0.1, -0.05) is 36.5 Å². The number of hydrogen-bond acceptors (Lipinski definition) is 7. The molecular formula is C22H25Cl2NO6S. The number of unbranched alkanes of at least 4 members (excludes halogenated alkanes) is 1. The lowest BCUT2D eigenvalue weighted by molar-refractivity contribution is 0.0527. The van der Waals surface area contributed by atoms with Crippen LogP contribution in [0.5, 0.6) is 5.75 Å². The summed E-state index contributed by atoms with van der Waals surface area (Å²) in [5.41, 5.74) is 0.643. The fraction of sp³-hybridized carbons (Fsp3) is 0.409. The van der Waals surface area contributed by atoms with E-state index < -0.39 is 17.8 Å². The molecule has 0 unspecified atom stereocenters. The molecule has 1 amide bonds. The van der Waals surface area contributed by atoms with Gasteiger partial charge in [-0.3, -0.25) is 4.79 Å². The van der Waals surface area contributed by atoms with Crippen LogP contribution in [0.4, 0.5) is 5.00 Å². The number of hydrogen-bond donors (Lipinski definition) is 1. The molecule has 0 spiro atoms. The van der Waals surface area contributed by atoms with Crippen molar-refractivity contribution in [2.24, 2.45) is 0 Å². The Hall–Kier alpha value is -2.29. The number of thiophene rings is 1. The summed E-state index contributed by atoms with van der Waals surface area (Å²) in [6.45, 7) is 7.74. The Labute approximate surface area is 200 Å². The standard InChI is InChI=1S/C22H25Cl2NO6S/c1-5-8-9-31-17-14(23)10-13(11-15(17)24)19(26)25-20-16(21(27)29-6-2)12(4)18(32-20)22(28)30-7-3/h10-11H,5-9H2,1-4H3,(H,25,26). The van der Waals surface area contributed by atoms with Gasteiger partial charge < -0.3 is 19.5 Å². The highest BCUT2D eigenvalue weighted by Gasteiger charge is 2.28. The van der Waals surface area contributed by atoms with Crippen LogP contribution in [0.3, 0.4) is 0 Å². The van der Waals surface area contributed by atoms with E-state index in [9.17, 15) is 14.4 Å². The predicted molar refractivity (Wildman–Crippen MR) is 126 cm³/mol. The number of anilines is 1. The molecule has 0 saturated carbocycles. The van der Waals surface area contributed by atoms with Crippen LogP contribution in [0, 0.1) is 6.92 Å². The Morgan fingerprint density at radius 1 is 1.00 bits per heavy atom. The average molecular weight is 502 g/mol. The zero-order valence-electron chi connectivity index (χ0n) is 18.3. The van der Waals surface area contributed by atoms with Gasteiger partial charge in [-0.15, -0.1) is 11.3 Å². The third kappa shape index (κ3) is 6.15. The maximum Gasteiger partial charge on any atom is 0.348 e. The Morgan fingerprint density at radius 2 is 1.59 bits per heavy atom. The van der Waals surface area contributed by atoms with E-state index in [2.05, 4.69) is 5.32 Å². The molecule has 2 aromatic rings. The Morgan fingerprint density at radius 3 is 2.16 bits per heavy atom. The Kier molecular flexibility index (Phi) is 9.81. The van der Waals surface area contributed by atoms with Gasteiger partial charge in [-0.2, -0.15) is 0 Å². The second-order valence-electron chi connectivity index (χ2n) is 6.63. The molecule has 32 heavy (non-hydrogen) atoms. The Bertz CT molecular complexity index is 982. The van der Waals surface area contributed by atoms with Crippen molar-refractivity contribution in [3.05, 3.63) is 43.7 Å². The summed E-state index contributed by atoms with van der Waals surface area (Å²) in [7, 11) is 0. The van der Waals surface area contributed by atoms with Gasteiger partial charge in [-0.05, 0) is 44.9 Å². The van der Waals surface area contributed by atoms with E-state index in [1.165, 1.54) is 12.1 Å². The molecule has 0 radical (unpaired) electrons. The van der Waals surface area contributed by atoms with Crippen LogP contribution < -0.4 is 10.1 Å². The summed E-state index contributed by atoms with van der Waals surface area (Å²) in [5.74, 6) is -1.48. The van der Waals surface area contributed by atoms with Crippen molar-refractivity contribution in [2.75, 3.05) is 25.1 Å². The molecule has 0 aliphatic heterocycles. The van der Waals surface area contributed by atoms with Crippen LogP contribution in [0.1, 0.15) is 69.6 Å². The molecule has 2 rings (SSSR count). The first-order valence-electron chi connectivity index (χ1n) is 10.2. The van der Waals surface area contributed by atoms with E-state index in [0.29, 0.717) is 17.9 Å². The van der Waals surface area contributed by atoms with Gasteiger partial charge in [0.2, 0.25) is 0 Å². The molecule has 174 valence electrons. The van der Waals surface area contributed by atoms with Crippen LogP contribution in [0.25, 0.3) is 0 Å². The summed E-state index contributed by atoms with van der Waals surface area (Å²) in [6, 6.07) is 2.86. The number of esters is 2. The normalized spacial score (nSPS) is 10.6. The lowest BCUT2D eigenvalue weighted by atomic mass is 10.1. The molecular weight excluding hydrogens is 477 g/mol. The van der Waals surface area contributed by atoms with E-state index >= 15 is 0 Å². The number of ether oxygens (including phenoxy) is 3. The van der Waals surface area contributed by atoms with E-state index in [1.54, 1.807) is 20.8 Å². The number of carbonyl (C=O) groups excluding carboxylic acids is 3. The zero-order valence-corrected chi connectivity index (χ0v) is 20.6. The first-order chi connectivity index (χ1) is 15.2. The molecule has 7 nitrogen and oxygen atoms in total. The number of amides is 1. The highest BCUT2D eigenvalue weighted by Crippen LogP contribution is 2.37. The summed E-state index contributed by atoms with van der Waals surface area (Å²) in [6.07, 6.45) is 1.79. The molecule has 0 saturated heterocycles. The Balaban J connectivity index is 2.37. The maximum absolute atomic E-state index is 12.9. The molecule has 10 heteroatoms. The first kappa shape index (κ1) is 26.0. The van der Waals surface area contributed by atoms with Crippen LogP contribution >= 0.6 is 34.5 Å². The maximum atomic E-state index is 12.9. The fourth-order valence-corrected chi connectivity index (χ4v) is 4.44. The number of nitrogens with one attached hydrogen (secondary N) is 1. The lowest BCUT2D eigenvalue weighted by Crippen LogP contribution is -2.15. The quantitative estimate of drug-likeness (QED) is 0.310. The molecule has 1 aromatic carbocycles. The van der Waals surface area contributed by atoms with Gasteiger partial charge in [0, 0.05) is 5.56 Å². The molecule has 1 N–H and O–H groups in total. The van der Waals surface area contributed by atoms with Crippen LogP contribution in [0.15, 0.2) is 12.1 Å². The van der Waals surface area contributed by atoms with Gasteiger partial charge in [0.15, 0.2) is 5.75 Å². The van der Waals surface area contributed by atoms with Crippen molar-refractivity contribution in [3.63, 3.8) is 0 Å². The zero-order chi connectivity index (χ0) is 23.8. The van der Waals surface area contributed by atoms with Gasteiger partial charge >= 0.3 is 11.9 Å². The topological polar surface area (TPSA) is 90.9 Å². The number of halogens is 2. The number of benzene rings is 1. The second kappa shape index (κ2) is 12.1. The highest BCUT2D eigenvalue weighted by molar-refractivity contribution is 7.18. The molecule has 0 aliphatic rings. The van der Waals surface area contributed by atoms with Crippen LogP contribution in [-0.4, -0.2) is 37.7 Å². The van der Waals surface area contributed by atoms with Crippen molar-refractivity contribution in [1.29, 1.82) is 0 Å². The second-order valence-corrected chi connectivity index (χ2v) is 8.46. The monoisotopic (exact) mass is 501 g/mol. The van der Waals surface area contributed by atoms with Gasteiger partial charge in [0.1, 0.15) is 9.88 Å². The van der Waals surface area contributed by atoms with Gasteiger partial charge in [-0.25, -0.2) is 9.59 Å². The lowest BCUT2D eigenvalue weighted by Gasteiger charge is -2.12.